The van der Waals surface area contributed by atoms with Gasteiger partial charge in [-0.25, -0.2) is 26.3 Å². The minimum absolute atomic E-state index is 0.125. The van der Waals surface area contributed by atoms with Gasteiger partial charge in [-0.3, -0.25) is 4.79 Å². The van der Waals surface area contributed by atoms with Gasteiger partial charge in [-0.1, -0.05) is 30.3 Å². The Bertz CT molecular complexity index is 1340. The van der Waals surface area contributed by atoms with Gasteiger partial charge in [0.1, 0.15) is 23.4 Å². The summed E-state index contributed by atoms with van der Waals surface area (Å²) in [5.41, 5.74) is -2.28. The molecule has 1 saturated carbocycles. The fourth-order valence-electron chi connectivity index (χ4n) is 4.91. The summed E-state index contributed by atoms with van der Waals surface area (Å²) < 4.78 is 104. The highest BCUT2D eigenvalue weighted by Gasteiger charge is 2.63. The van der Waals surface area contributed by atoms with Crippen molar-refractivity contribution in [1.82, 2.24) is 9.62 Å². The summed E-state index contributed by atoms with van der Waals surface area (Å²) in [7, 11) is -4.09. The molecule has 3 atom stereocenters. The number of carbonyl (C=O) groups excluding carboxylic acids is 1. The molecule has 2 bridgehead atoms. The minimum Gasteiger partial charge on any atom is -0.384 e. The monoisotopic (exact) mass is 500 g/mol. The molecular formula is C24H27F3N2O4S. The van der Waals surface area contributed by atoms with Gasteiger partial charge in [0.2, 0.25) is 10.0 Å². The van der Waals surface area contributed by atoms with Crippen LogP contribution in [-0.2, 0) is 21.2 Å². The molecule has 10 heteroatoms. The van der Waals surface area contributed by atoms with Gasteiger partial charge >= 0.3 is 0 Å². The van der Waals surface area contributed by atoms with Gasteiger partial charge in [0.15, 0.2) is 0 Å². The number of amides is 1. The normalized spacial score (nSPS) is 30.3. The van der Waals surface area contributed by atoms with Crippen LogP contribution >= 0.6 is 0 Å². The first-order valence-electron chi connectivity index (χ1n) is 12.8. The van der Waals surface area contributed by atoms with Crippen molar-refractivity contribution in [3.63, 3.8) is 0 Å². The predicted molar refractivity (Wildman–Crippen MR) is 121 cm³/mol. The summed E-state index contributed by atoms with van der Waals surface area (Å²) in [4.78, 5) is 14.0. The Balaban J connectivity index is 1.83. The maximum atomic E-state index is 15.9. The molecule has 3 unspecified atom stereocenters. The molecule has 184 valence electrons. The van der Waals surface area contributed by atoms with E-state index in [1.807, 2.05) is 0 Å². The Hall–Kier alpha value is -2.43. The average molecular weight is 501 g/mol. The Morgan fingerprint density at radius 2 is 2.00 bits per heavy atom. The van der Waals surface area contributed by atoms with E-state index in [-0.39, 0.29) is 24.0 Å². The first-order valence-corrected chi connectivity index (χ1v) is 12.4. The van der Waals surface area contributed by atoms with Crippen LogP contribution in [0.4, 0.5) is 13.2 Å². The number of sulfonamides is 1. The fourth-order valence-corrected chi connectivity index (χ4v) is 5.84. The van der Waals surface area contributed by atoms with E-state index >= 15 is 8.78 Å². The Morgan fingerprint density at radius 3 is 2.62 bits per heavy atom. The number of nitrogens with one attached hydrogen (secondary N) is 1. The third-order valence-electron chi connectivity index (χ3n) is 6.59. The first-order chi connectivity index (χ1) is 17.5. The third-order valence-corrected chi connectivity index (χ3v) is 7.97. The molecule has 2 aromatic carbocycles. The van der Waals surface area contributed by atoms with E-state index in [0.29, 0.717) is 5.56 Å². The minimum atomic E-state index is -4.09. The topological polar surface area (TPSA) is 86.7 Å². The number of fused-ring (bicyclic) bond motifs is 2. The first kappa shape index (κ1) is 19.8. The highest BCUT2D eigenvalue weighted by atomic mass is 32.2. The Kier molecular flexibility index (Phi) is 5.24. The lowest BCUT2D eigenvalue weighted by molar-refractivity contribution is -0.174. The fraction of sp³-hybridized carbons (Fsp3) is 0.458. The molecule has 0 spiro atoms. The van der Waals surface area contributed by atoms with Crippen molar-refractivity contribution < 1.29 is 37.0 Å². The molecule has 3 fully saturated rings. The summed E-state index contributed by atoms with van der Waals surface area (Å²) in [5.74, 6) is -3.80. The van der Waals surface area contributed by atoms with Gasteiger partial charge in [0.25, 0.3) is 5.91 Å². The Morgan fingerprint density at radius 1 is 1.32 bits per heavy atom. The van der Waals surface area contributed by atoms with Crippen LogP contribution in [0.5, 0.6) is 0 Å². The maximum absolute atomic E-state index is 15.9. The second kappa shape index (κ2) is 8.98. The quantitative estimate of drug-likeness (QED) is 0.612. The lowest BCUT2D eigenvalue weighted by Gasteiger charge is -2.61. The maximum Gasteiger partial charge on any atom is 0.251 e. The summed E-state index contributed by atoms with van der Waals surface area (Å²) in [6.07, 6.45) is -5.03. The number of hydrogen-bond donors (Lipinski definition) is 2. The van der Waals surface area contributed by atoms with Crippen molar-refractivity contribution >= 4 is 15.9 Å². The van der Waals surface area contributed by atoms with E-state index < -0.39 is 76.5 Å². The number of aliphatic hydroxyl groups is 1. The van der Waals surface area contributed by atoms with Crippen molar-refractivity contribution in [3.8, 4) is 11.1 Å². The number of alkyl halides is 1. The molecular weight excluding hydrogens is 469 g/mol. The lowest BCUT2D eigenvalue weighted by atomic mass is 9.64. The molecule has 5 rings (SSSR count). The number of rotatable bonds is 7. The van der Waals surface area contributed by atoms with E-state index in [2.05, 4.69) is 4.72 Å². The van der Waals surface area contributed by atoms with E-state index in [1.54, 1.807) is 30.3 Å². The average Bonchev–Trinajstić information content (AvgIpc) is 2.81. The van der Waals surface area contributed by atoms with E-state index in [9.17, 15) is 22.7 Å². The smallest absolute Gasteiger partial charge is 0.251 e. The summed E-state index contributed by atoms with van der Waals surface area (Å²) in [6, 6.07) is 5.55. The summed E-state index contributed by atoms with van der Waals surface area (Å²) in [5, 5.41) is 10.4. The van der Waals surface area contributed by atoms with Crippen molar-refractivity contribution in [2.45, 2.75) is 62.9 Å². The number of halogens is 3. The SMILES string of the molecule is [2H]C([2H])([2H])C([2H])(O)C(=O)N1C2CC(F)(C2)C(NS(=O)(=O)CC)C1Cc1cc(F)cc(-c2ccccc2)c1F. The zero-order valence-electron chi connectivity index (χ0n) is 22.3. The van der Waals surface area contributed by atoms with Crippen LogP contribution in [0.15, 0.2) is 42.5 Å². The zero-order valence-corrected chi connectivity index (χ0v) is 19.1. The zero-order chi connectivity index (χ0) is 28.3. The number of piperidine rings is 2. The number of hydrogen-bond acceptors (Lipinski definition) is 4. The molecule has 0 aromatic heterocycles. The third kappa shape index (κ3) is 4.46. The number of carbonyl (C=O) groups is 1. The largest absolute Gasteiger partial charge is 0.384 e. The molecule has 2 aliphatic heterocycles. The van der Waals surface area contributed by atoms with Crippen LogP contribution in [0.2, 0.25) is 0 Å². The highest BCUT2D eigenvalue weighted by molar-refractivity contribution is 7.89. The molecule has 2 heterocycles. The van der Waals surface area contributed by atoms with Crippen LogP contribution in [0.25, 0.3) is 11.1 Å². The summed E-state index contributed by atoms with van der Waals surface area (Å²) >= 11 is 0. The van der Waals surface area contributed by atoms with Crippen LogP contribution in [0.1, 0.15) is 37.7 Å². The molecule has 2 N–H and O–H groups in total. The highest BCUT2D eigenvalue weighted by Crippen LogP contribution is 2.50. The number of benzene rings is 2. The molecule has 0 radical (unpaired) electrons. The summed E-state index contributed by atoms with van der Waals surface area (Å²) in [6.45, 7) is -2.20. The van der Waals surface area contributed by atoms with Gasteiger partial charge in [-0.15, -0.1) is 0 Å². The van der Waals surface area contributed by atoms with E-state index in [0.717, 1.165) is 17.0 Å². The molecule has 3 aliphatic rings. The van der Waals surface area contributed by atoms with Gasteiger partial charge in [0, 0.05) is 28.6 Å². The van der Waals surface area contributed by atoms with E-state index in [4.69, 9.17) is 5.48 Å². The second-order valence-corrected chi connectivity index (χ2v) is 10.8. The van der Waals surface area contributed by atoms with Crippen LogP contribution in [0.3, 0.4) is 0 Å². The van der Waals surface area contributed by atoms with Crippen molar-refractivity contribution in [2.75, 3.05) is 5.75 Å². The molecule has 34 heavy (non-hydrogen) atoms. The van der Waals surface area contributed by atoms with Gasteiger partial charge < -0.3 is 10.0 Å². The lowest BCUT2D eigenvalue weighted by Crippen LogP contribution is -2.77. The molecule has 1 aliphatic carbocycles. The molecule has 2 aromatic rings. The van der Waals surface area contributed by atoms with Gasteiger partial charge in [0.05, 0.1) is 19.2 Å². The van der Waals surface area contributed by atoms with Crippen LogP contribution in [-0.4, -0.2) is 60.0 Å². The molecule has 2 saturated heterocycles. The van der Waals surface area contributed by atoms with Crippen LogP contribution < -0.4 is 4.72 Å². The standard InChI is InChI=1S/C24H27F3N2O4S/c1-3-34(32,33)28-22-20(29(23(31)14(2)30)18-12-24(22,27)13-18)10-16-9-17(25)11-19(21(16)26)15-7-5-4-6-8-15/h4-9,11,14,18,20,22,28,30H,3,10,12-13H2,1-2H3/i2D3,14D. The second-order valence-electron chi connectivity index (χ2n) is 8.72. The van der Waals surface area contributed by atoms with Crippen LogP contribution in [0, 0.1) is 11.6 Å². The molecule has 1 amide bonds. The molecule has 6 nitrogen and oxygen atoms in total. The number of nitrogens with zero attached hydrogens (tertiary/aromatic N) is 1. The van der Waals surface area contributed by atoms with Gasteiger partial charge in [-0.05, 0) is 43.5 Å². The van der Waals surface area contributed by atoms with Crippen molar-refractivity contribution in [1.29, 1.82) is 0 Å². The van der Waals surface area contributed by atoms with Gasteiger partial charge in [-0.2, -0.15) is 0 Å². The van der Waals surface area contributed by atoms with Crippen molar-refractivity contribution in [2.24, 2.45) is 0 Å². The predicted octanol–water partition coefficient (Wildman–Crippen LogP) is 2.94. The van der Waals surface area contributed by atoms with E-state index in [1.165, 1.54) is 6.92 Å². The Labute approximate surface area is 202 Å². The van der Waals surface area contributed by atoms with Crippen molar-refractivity contribution in [3.05, 3.63) is 59.7 Å².